The fourth-order valence-corrected chi connectivity index (χ4v) is 2.47. The van der Waals surface area contributed by atoms with E-state index in [9.17, 15) is 9.59 Å². The molecule has 0 aliphatic heterocycles. The molecule has 0 radical (unpaired) electrons. The van der Waals surface area contributed by atoms with Gasteiger partial charge < -0.3 is 10.4 Å². The maximum absolute atomic E-state index is 12.2. The highest BCUT2D eigenvalue weighted by atomic mass is 35.5. The first-order valence-corrected chi connectivity index (χ1v) is 7.59. The van der Waals surface area contributed by atoms with Crippen LogP contribution in [0.1, 0.15) is 24.2 Å². The van der Waals surface area contributed by atoms with Crippen molar-refractivity contribution in [1.82, 2.24) is 15.1 Å². The highest BCUT2D eigenvalue weighted by Crippen LogP contribution is 2.24. The topological polar surface area (TPSA) is 84.2 Å². The minimum Gasteiger partial charge on any atom is -0.480 e. The lowest BCUT2D eigenvalue weighted by atomic mass is 10.0. The molecule has 2 N–H and O–H groups in total. The Labute approximate surface area is 143 Å². The molecule has 23 heavy (non-hydrogen) atoms. The van der Waals surface area contributed by atoms with Crippen LogP contribution in [0.3, 0.4) is 0 Å². The Hall–Kier alpha value is -2.05. The average molecular weight is 356 g/mol. The van der Waals surface area contributed by atoms with Crippen molar-refractivity contribution >= 4 is 35.1 Å². The number of nitrogens with one attached hydrogen (secondary N) is 1. The number of carboxylic acid groups (broad SMARTS) is 1. The summed E-state index contributed by atoms with van der Waals surface area (Å²) in [6, 6.07) is 3.93. The summed E-state index contributed by atoms with van der Waals surface area (Å²) >= 11 is 11.9. The highest BCUT2D eigenvalue weighted by Gasteiger charge is 2.24. The predicted molar refractivity (Wildman–Crippen MR) is 87.3 cm³/mol. The van der Waals surface area contributed by atoms with Crippen LogP contribution < -0.4 is 5.32 Å². The van der Waals surface area contributed by atoms with E-state index < -0.39 is 17.9 Å². The molecule has 0 saturated carbocycles. The van der Waals surface area contributed by atoms with E-state index in [4.69, 9.17) is 28.3 Å². The van der Waals surface area contributed by atoms with Crippen LogP contribution >= 0.6 is 23.2 Å². The number of nitrogens with zero attached hydrogens (tertiary/aromatic N) is 2. The van der Waals surface area contributed by atoms with Gasteiger partial charge in [0.25, 0.3) is 5.91 Å². The first-order chi connectivity index (χ1) is 10.8. The summed E-state index contributed by atoms with van der Waals surface area (Å²) in [5, 5.41) is 16.5. The van der Waals surface area contributed by atoms with Crippen molar-refractivity contribution in [3.05, 3.63) is 46.2 Å². The lowest BCUT2D eigenvalue weighted by molar-refractivity contribution is -0.140. The summed E-state index contributed by atoms with van der Waals surface area (Å²) in [5.74, 6) is -1.83. The zero-order valence-corrected chi connectivity index (χ0v) is 14.0. The lowest BCUT2D eigenvalue weighted by Gasteiger charge is -2.17. The third-order valence-corrected chi connectivity index (χ3v) is 3.76. The quantitative estimate of drug-likeness (QED) is 0.863. The first kappa shape index (κ1) is 17.3. The van der Waals surface area contributed by atoms with Gasteiger partial charge in [-0.25, -0.2) is 9.48 Å². The summed E-state index contributed by atoms with van der Waals surface area (Å²) in [6.07, 6.45) is 2.82. The molecule has 0 fully saturated rings. The molecule has 1 unspecified atom stereocenters. The van der Waals surface area contributed by atoms with Crippen molar-refractivity contribution in [2.45, 2.75) is 19.9 Å². The molecule has 6 nitrogen and oxygen atoms in total. The van der Waals surface area contributed by atoms with Gasteiger partial charge >= 0.3 is 5.97 Å². The highest BCUT2D eigenvalue weighted by molar-refractivity contribution is 6.35. The molecular weight excluding hydrogens is 341 g/mol. The molecule has 1 aromatic carbocycles. The second-order valence-corrected chi connectivity index (χ2v) is 6.15. The molecule has 1 atom stereocenters. The van der Waals surface area contributed by atoms with Crippen LogP contribution in [0.4, 0.5) is 0 Å². The zero-order chi connectivity index (χ0) is 17.1. The number of amides is 1. The maximum atomic E-state index is 12.2. The number of aliphatic carboxylic acids is 1. The molecule has 0 bridgehead atoms. The Morgan fingerprint density at radius 3 is 2.57 bits per heavy atom. The molecule has 0 aliphatic carbocycles. The number of aromatic nitrogens is 2. The van der Waals surface area contributed by atoms with Crippen molar-refractivity contribution in [3.8, 4) is 5.69 Å². The molecule has 122 valence electrons. The van der Waals surface area contributed by atoms with Gasteiger partial charge in [-0.3, -0.25) is 4.79 Å². The van der Waals surface area contributed by atoms with E-state index in [1.165, 1.54) is 17.1 Å². The normalized spacial score (nSPS) is 12.2. The number of hydrogen-bond donors (Lipinski definition) is 2. The summed E-state index contributed by atoms with van der Waals surface area (Å²) in [4.78, 5) is 23.3. The van der Waals surface area contributed by atoms with Crippen molar-refractivity contribution in [2.75, 3.05) is 0 Å². The van der Waals surface area contributed by atoms with Crippen LogP contribution in [-0.2, 0) is 4.79 Å². The van der Waals surface area contributed by atoms with Crippen LogP contribution in [0.2, 0.25) is 10.0 Å². The van der Waals surface area contributed by atoms with Crippen LogP contribution in [0.25, 0.3) is 5.69 Å². The summed E-state index contributed by atoms with van der Waals surface area (Å²) in [7, 11) is 0. The molecule has 8 heteroatoms. The van der Waals surface area contributed by atoms with E-state index in [0.717, 1.165) is 0 Å². The lowest BCUT2D eigenvalue weighted by Crippen LogP contribution is -2.44. The summed E-state index contributed by atoms with van der Waals surface area (Å²) in [5.41, 5.74) is 0.802. The third kappa shape index (κ3) is 4.03. The van der Waals surface area contributed by atoms with Crippen molar-refractivity contribution in [2.24, 2.45) is 5.92 Å². The van der Waals surface area contributed by atoms with Gasteiger partial charge in [0.1, 0.15) is 6.04 Å². The van der Waals surface area contributed by atoms with E-state index in [1.807, 2.05) is 0 Å². The van der Waals surface area contributed by atoms with Crippen LogP contribution in [0, 0.1) is 5.92 Å². The molecule has 1 aromatic heterocycles. The molecule has 0 aliphatic rings. The van der Waals surface area contributed by atoms with E-state index in [-0.39, 0.29) is 11.5 Å². The van der Waals surface area contributed by atoms with Crippen LogP contribution in [0.15, 0.2) is 30.6 Å². The summed E-state index contributed by atoms with van der Waals surface area (Å²) in [6.45, 7) is 3.44. The maximum Gasteiger partial charge on any atom is 0.326 e. The fourth-order valence-electron chi connectivity index (χ4n) is 1.98. The van der Waals surface area contributed by atoms with Gasteiger partial charge in [0, 0.05) is 11.2 Å². The standard InChI is InChI=1S/C15H15Cl2N3O3/c1-8(2)13(15(22)23)19-14(21)9-6-18-20(7-9)12-4-3-10(16)5-11(12)17/h3-8,13H,1-2H3,(H,19,21)(H,22,23). The average Bonchev–Trinajstić information content (AvgIpc) is 2.93. The number of halogens is 2. The first-order valence-electron chi connectivity index (χ1n) is 6.83. The van der Waals surface area contributed by atoms with Gasteiger partial charge in [0.15, 0.2) is 0 Å². The van der Waals surface area contributed by atoms with Crippen LogP contribution in [-0.4, -0.2) is 32.8 Å². The smallest absolute Gasteiger partial charge is 0.326 e. The van der Waals surface area contributed by atoms with Crippen molar-refractivity contribution in [3.63, 3.8) is 0 Å². The number of hydrogen-bond acceptors (Lipinski definition) is 3. The minimum absolute atomic E-state index is 0.239. The van der Waals surface area contributed by atoms with Gasteiger partial charge in [0.2, 0.25) is 0 Å². The molecule has 1 amide bonds. The number of carboxylic acids is 1. The Balaban J connectivity index is 2.21. The monoisotopic (exact) mass is 355 g/mol. The fraction of sp³-hybridized carbons (Fsp3) is 0.267. The predicted octanol–water partition coefficient (Wildman–Crippen LogP) is 3.02. The van der Waals surface area contributed by atoms with Crippen LogP contribution in [0.5, 0.6) is 0 Å². The molecule has 2 aromatic rings. The van der Waals surface area contributed by atoms with Gasteiger partial charge in [-0.05, 0) is 24.1 Å². The second kappa shape index (κ2) is 7.02. The Bertz CT molecular complexity index is 743. The molecule has 0 spiro atoms. The van der Waals surface area contributed by atoms with E-state index in [0.29, 0.717) is 15.7 Å². The van der Waals surface area contributed by atoms with E-state index in [2.05, 4.69) is 10.4 Å². The Morgan fingerprint density at radius 1 is 1.30 bits per heavy atom. The number of carbonyl (C=O) groups excluding carboxylic acids is 1. The van der Waals surface area contributed by atoms with Gasteiger partial charge in [0.05, 0.1) is 22.5 Å². The molecule has 0 saturated heterocycles. The summed E-state index contributed by atoms with van der Waals surface area (Å²) < 4.78 is 1.43. The van der Waals surface area contributed by atoms with Gasteiger partial charge in [-0.2, -0.15) is 5.10 Å². The van der Waals surface area contributed by atoms with E-state index >= 15 is 0 Å². The SMILES string of the molecule is CC(C)C(NC(=O)c1cnn(-c2ccc(Cl)cc2Cl)c1)C(=O)O. The minimum atomic E-state index is -1.08. The number of rotatable bonds is 5. The molecule has 2 rings (SSSR count). The second-order valence-electron chi connectivity index (χ2n) is 5.30. The largest absolute Gasteiger partial charge is 0.480 e. The zero-order valence-electron chi connectivity index (χ0n) is 12.5. The molecular formula is C15H15Cl2N3O3. The number of carbonyl (C=O) groups is 2. The Kier molecular flexibility index (Phi) is 5.28. The third-order valence-electron chi connectivity index (χ3n) is 3.22. The van der Waals surface area contributed by atoms with E-state index in [1.54, 1.807) is 32.0 Å². The van der Waals surface area contributed by atoms with Gasteiger partial charge in [-0.1, -0.05) is 37.0 Å². The number of benzene rings is 1. The molecule has 1 heterocycles. The van der Waals surface area contributed by atoms with Crippen molar-refractivity contribution in [1.29, 1.82) is 0 Å². The van der Waals surface area contributed by atoms with Gasteiger partial charge in [-0.15, -0.1) is 0 Å². The Morgan fingerprint density at radius 2 is 2.00 bits per heavy atom. The van der Waals surface area contributed by atoms with Crippen molar-refractivity contribution < 1.29 is 14.7 Å².